The number of carbonyl (C=O) groups excluding carboxylic acids is 2. The maximum atomic E-state index is 13.0. The summed E-state index contributed by atoms with van der Waals surface area (Å²) in [5.41, 5.74) is 2.37. The van der Waals surface area contributed by atoms with Gasteiger partial charge >= 0.3 is 5.97 Å². The Balaban J connectivity index is 1.60. The van der Waals surface area contributed by atoms with Crippen molar-refractivity contribution in [1.82, 2.24) is 10.3 Å². The van der Waals surface area contributed by atoms with Crippen molar-refractivity contribution >= 4 is 34.1 Å². The Bertz CT molecular complexity index is 1130. The molecule has 2 aromatic heterocycles. The van der Waals surface area contributed by atoms with E-state index in [9.17, 15) is 9.59 Å². The zero-order chi connectivity index (χ0) is 20.1. The van der Waals surface area contributed by atoms with E-state index in [4.69, 9.17) is 4.74 Å². The molecule has 0 unspecified atom stereocenters. The second-order valence-corrected chi connectivity index (χ2v) is 7.37. The molecule has 5 nitrogen and oxygen atoms in total. The predicted octanol–water partition coefficient (Wildman–Crippen LogP) is 4.51. The number of benzene rings is 2. The second kappa shape index (κ2) is 8.67. The standard InChI is InChI=1S/C23H18N2O3S/c26-22(25-15-16-6-2-1-3-7-16)21(28-23(27)20-9-5-13-29-20)18-10-11-19-17(14-18)8-4-12-24-19/h1-14,21H,15H2,(H,25,26)/t21-/m1/s1. The van der Waals surface area contributed by atoms with E-state index < -0.39 is 12.1 Å². The van der Waals surface area contributed by atoms with E-state index in [1.165, 1.54) is 11.3 Å². The number of hydrogen-bond donors (Lipinski definition) is 1. The molecular formula is C23H18N2O3S. The smallest absolute Gasteiger partial charge is 0.349 e. The Kier molecular flexibility index (Phi) is 5.63. The molecule has 2 heterocycles. The molecule has 0 bridgehead atoms. The number of hydrogen-bond acceptors (Lipinski definition) is 5. The first kappa shape index (κ1) is 18.8. The molecule has 144 valence electrons. The summed E-state index contributed by atoms with van der Waals surface area (Å²) in [6.45, 7) is 0.349. The predicted molar refractivity (Wildman–Crippen MR) is 113 cm³/mol. The first-order chi connectivity index (χ1) is 14.2. The van der Waals surface area contributed by atoms with Crippen molar-refractivity contribution in [3.63, 3.8) is 0 Å². The van der Waals surface area contributed by atoms with Crippen molar-refractivity contribution < 1.29 is 14.3 Å². The van der Waals surface area contributed by atoms with Gasteiger partial charge in [-0.05, 0) is 35.2 Å². The van der Waals surface area contributed by atoms with Gasteiger partial charge in [-0.15, -0.1) is 11.3 Å². The normalized spacial score (nSPS) is 11.7. The molecule has 1 N–H and O–H groups in total. The quantitative estimate of drug-likeness (QED) is 0.482. The fourth-order valence-electron chi connectivity index (χ4n) is 2.97. The Labute approximate surface area is 172 Å². The summed E-state index contributed by atoms with van der Waals surface area (Å²) in [4.78, 5) is 30.2. The molecule has 6 heteroatoms. The monoisotopic (exact) mass is 402 g/mol. The minimum Gasteiger partial charge on any atom is -0.443 e. The SMILES string of the molecule is O=C(O[C@@H](C(=O)NCc1ccccc1)c1ccc2ncccc2c1)c1cccs1. The highest BCUT2D eigenvalue weighted by molar-refractivity contribution is 7.11. The van der Waals surface area contributed by atoms with Gasteiger partial charge in [0.1, 0.15) is 4.88 Å². The highest BCUT2D eigenvalue weighted by Crippen LogP contribution is 2.24. The van der Waals surface area contributed by atoms with Crippen molar-refractivity contribution in [2.75, 3.05) is 0 Å². The largest absolute Gasteiger partial charge is 0.443 e. The van der Waals surface area contributed by atoms with Crippen LogP contribution in [0.4, 0.5) is 0 Å². The molecule has 29 heavy (non-hydrogen) atoms. The van der Waals surface area contributed by atoms with E-state index in [1.807, 2.05) is 54.6 Å². The Hall–Kier alpha value is -3.51. The first-order valence-electron chi connectivity index (χ1n) is 9.11. The summed E-state index contributed by atoms with van der Waals surface area (Å²) in [5, 5.41) is 5.54. The molecule has 0 saturated carbocycles. The van der Waals surface area contributed by atoms with Crippen molar-refractivity contribution in [2.45, 2.75) is 12.6 Å². The molecule has 0 radical (unpaired) electrons. The zero-order valence-electron chi connectivity index (χ0n) is 15.4. The van der Waals surface area contributed by atoms with Crippen molar-refractivity contribution in [3.8, 4) is 0 Å². The van der Waals surface area contributed by atoms with Crippen LogP contribution in [-0.2, 0) is 16.1 Å². The molecule has 0 aliphatic rings. The van der Waals surface area contributed by atoms with Gasteiger partial charge in [0, 0.05) is 23.7 Å². The number of thiophene rings is 1. The van der Waals surface area contributed by atoms with Crippen LogP contribution in [0.1, 0.15) is 26.9 Å². The first-order valence-corrected chi connectivity index (χ1v) is 9.99. The molecule has 4 rings (SSSR count). The van der Waals surface area contributed by atoms with Gasteiger partial charge in [0.15, 0.2) is 0 Å². The Morgan fingerprint density at radius 1 is 1.00 bits per heavy atom. The fraction of sp³-hybridized carbons (Fsp3) is 0.0870. The molecule has 0 aliphatic carbocycles. The molecule has 0 fully saturated rings. The topological polar surface area (TPSA) is 68.3 Å². The lowest BCUT2D eigenvalue weighted by molar-refractivity contribution is -0.130. The highest BCUT2D eigenvalue weighted by atomic mass is 32.1. The van der Waals surface area contributed by atoms with E-state index in [-0.39, 0.29) is 5.91 Å². The lowest BCUT2D eigenvalue weighted by Crippen LogP contribution is -2.31. The lowest BCUT2D eigenvalue weighted by Gasteiger charge is -2.18. The van der Waals surface area contributed by atoms with Crippen molar-refractivity contribution in [3.05, 3.63) is 100 Å². The molecule has 4 aromatic rings. The second-order valence-electron chi connectivity index (χ2n) is 6.42. The van der Waals surface area contributed by atoms with Crippen molar-refractivity contribution in [1.29, 1.82) is 0 Å². The van der Waals surface area contributed by atoms with Crippen LogP contribution in [0.5, 0.6) is 0 Å². The lowest BCUT2D eigenvalue weighted by atomic mass is 10.1. The number of pyridine rings is 1. The van der Waals surface area contributed by atoms with Crippen LogP contribution in [-0.4, -0.2) is 16.9 Å². The van der Waals surface area contributed by atoms with Gasteiger partial charge in [0.05, 0.1) is 5.52 Å². The Morgan fingerprint density at radius 2 is 1.86 bits per heavy atom. The van der Waals surface area contributed by atoms with Crippen LogP contribution in [0.25, 0.3) is 10.9 Å². The molecule has 0 saturated heterocycles. The summed E-state index contributed by atoms with van der Waals surface area (Å²) < 4.78 is 5.62. The van der Waals surface area contributed by atoms with Crippen LogP contribution < -0.4 is 5.32 Å². The number of amides is 1. The van der Waals surface area contributed by atoms with Gasteiger partial charge < -0.3 is 10.1 Å². The number of nitrogens with one attached hydrogen (secondary N) is 1. The molecule has 0 aliphatic heterocycles. The molecule has 1 amide bonds. The Morgan fingerprint density at radius 3 is 2.66 bits per heavy atom. The van der Waals surface area contributed by atoms with Crippen LogP contribution in [0.15, 0.2) is 84.4 Å². The minimum atomic E-state index is -1.06. The maximum Gasteiger partial charge on any atom is 0.349 e. The summed E-state index contributed by atoms with van der Waals surface area (Å²) in [7, 11) is 0. The third kappa shape index (κ3) is 4.50. The number of rotatable bonds is 6. The number of fused-ring (bicyclic) bond motifs is 1. The number of esters is 1. The maximum absolute atomic E-state index is 13.0. The van der Waals surface area contributed by atoms with Gasteiger partial charge in [-0.1, -0.05) is 48.5 Å². The number of aromatic nitrogens is 1. The van der Waals surface area contributed by atoms with Crippen LogP contribution in [0, 0.1) is 0 Å². The molecule has 0 spiro atoms. The van der Waals surface area contributed by atoms with Crippen LogP contribution in [0.3, 0.4) is 0 Å². The fourth-order valence-corrected chi connectivity index (χ4v) is 3.57. The highest BCUT2D eigenvalue weighted by Gasteiger charge is 2.26. The minimum absolute atomic E-state index is 0.349. The molecular weight excluding hydrogens is 384 g/mol. The van der Waals surface area contributed by atoms with Gasteiger partial charge in [0.25, 0.3) is 5.91 Å². The summed E-state index contributed by atoms with van der Waals surface area (Å²) in [6, 6.07) is 22.2. The summed E-state index contributed by atoms with van der Waals surface area (Å²) in [6.07, 6.45) is 0.654. The van der Waals surface area contributed by atoms with E-state index in [0.29, 0.717) is 17.0 Å². The van der Waals surface area contributed by atoms with E-state index in [0.717, 1.165) is 16.5 Å². The van der Waals surface area contributed by atoms with E-state index in [2.05, 4.69) is 10.3 Å². The van der Waals surface area contributed by atoms with Crippen molar-refractivity contribution in [2.24, 2.45) is 0 Å². The number of carbonyl (C=O) groups is 2. The third-order valence-electron chi connectivity index (χ3n) is 4.42. The van der Waals surface area contributed by atoms with E-state index >= 15 is 0 Å². The molecule has 1 atom stereocenters. The number of ether oxygens (including phenoxy) is 1. The summed E-state index contributed by atoms with van der Waals surface area (Å²) in [5.74, 6) is -0.895. The van der Waals surface area contributed by atoms with Gasteiger partial charge in [-0.2, -0.15) is 0 Å². The van der Waals surface area contributed by atoms with Gasteiger partial charge in [0.2, 0.25) is 6.10 Å². The van der Waals surface area contributed by atoms with Gasteiger partial charge in [-0.3, -0.25) is 9.78 Å². The average Bonchev–Trinajstić information content (AvgIpc) is 3.31. The van der Waals surface area contributed by atoms with Crippen LogP contribution in [0.2, 0.25) is 0 Å². The zero-order valence-corrected chi connectivity index (χ0v) is 16.3. The van der Waals surface area contributed by atoms with Crippen LogP contribution >= 0.6 is 11.3 Å². The van der Waals surface area contributed by atoms with E-state index in [1.54, 1.807) is 29.8 Å². The molecule has 2 aromatic carbocycles. The third-order valence-corrected chi connectivity index (χ3v) is 5.27. The van der Waals surface area contributed by atoms with Gasteiger partial charge in [-0.25, -0.2) is 4.79 Å². The number of nitrogens with zero attached hydrogens (tertiary/aromatic N) is 1. The average molecular weight is 402 g/mol. The summed E-state index contributed by atoms with van der Waals surface area (Å²) >= 11 is 1.28.